The van der Waals surface area contributed by atoms with Crippen LogP contribution in [-0.2, 0) is 19.1 Å². The second kappa shape index (κ2) is 9.02. The molecule has 0 aromatic carbocycles. The van der Waals surface area contributed by atoms with Crippen molar-refractivity contribution in [1.29, 1.82) is 5.26 Å². The van der Waals surface area contributed by atoms with Crippen molar-refractivity contribution >= 4 is 11.8 Å². The fourth-order valence-electron chi connectivity index (χ4n) is 10.9. The quantitative estimate of drug-likeness (QED) is 0.467. The van der Waals surface area contributed by atoms with E-state index in [1.165, 1.54) is 7.11 Å². The number of ether oxygens (including phenoxy) is 2. The summed E-state index contributed by atoms with van der Waals surface area (Å²) in [4.78, 5) is 27.3. The Morgan fingerprint density at radius 3 is 2.38 bits per heavy atom. The van der Waals surface area contributed by atoms with Crippen LogP contribution in [0, 0.1) is 68.0 Å². The van der Waals surface area contributed by atoms with Crippen molar-refractivity contribution in [3.63, 3.8) is 0 Å². The van der Waals surface area contributed by atoms with Crippen molar-refractivity contribution in [1.82, 2.24) is 0 Å². The van der Waals surface area contributed by atoms with Crippen LogP contribution in [0.2, 0.25) is 0 Å². The SMILES string of the molecule is COC[C@]1(C)C(O)C(C#N)=C[C@]2(C)C3=CC(=O)[C@@H]4[C@@H]5CC(C)(C)C[C@@H](C(=O)OC)C5CC[C@@]4(C)[C@]3(C)CC[C@H]21. The lowest BCUT2D eigenvalue weighted by molar-refractivity contribution is -0.174. The Balaban J connectivity index is 1.65. The van der Waals surface area contributed by atoms with Gasteiger partial charge >= 0.3 is 5.97 Å². The van der Waals surface area contributed by atoms with Gasteiger partial charge in [-0.05, 0) is 78.6 Å². The first-order valence-electron chi connectivity index (χ1n) is 14.8. The molecule has 0 aromatic heterocycles. The molecular formula is C33H47NO5. The fraction of sp³-hybridized carbons (Fsp3) is 0.788. The van der Waals surface area contributed by atoms with Gasteiger partial charge in [0.2, 0.25) is 0 Å². The summed E-state index contributed by atoms with van der Waals surface area (Å²) in [6, 6.07) is 2.28. The van der Waals surface area contributed by atoms with Crippen LogP contribution in [-0.4, -0.2) is 43.8 Å². The number of methoxy groups -OCH3 is 2. The smallest absolute Gasteiger partial charge is 0.308 e. The summed E-state index contributed by atoms with van der Waals surface area (Å²) in [5.41, 5.74) is -0.217. The van der Waals surface area contributed by atoms with Crippen molar-refractivity contribution in [2.24, 2.45) is 56.7 Å². The van der Waals surface area contributed by atoms with Gasteiger partial charge in [-0.2, -0.15) is 5.26 Å². The zero-order valence-electron chi connectivity index (χ0n) is 25.1. The molecule has 0 amide bonds. The monoisotopic (exact) mass is 537 g/mol. The summed E-state index contributed by atoms with van der Waals surface area (Å²) >= 11 is 0. The zero-order chi connectivity index (χ0) is 28.8. The van der Waals surface area contributed by atoms with Gasteiger partial charge in [-0.25, -0.2) is 0 Å². The van der Waals surface area contributed by atoms with Crippen LogP contribution in [0.15, 0.2) is 23.3 Å². The molecule has 0 radical (unpaired) electrons. The molecule has 10 atom stereocenters. The highest BCUT2D eigenvalue weighted by Crippen LogP contribution is 2.73. The third kappa shape index (κ3) is 3.71. The van der Waals surface area contributed by atoms with Crippen LogP contribution in [0.5, 0.6) is 0 Å². The predicted molar refractivity (Wildman–Crippen MR) is 148 cm³/mol. The van der Waals surface area contributed by atoms with E-state index in [0.717, 1.165) is 44.1 Å². The molecule has 214 valence electrons. The average molecular weight is 538 g/mol. The van der Waals surface area contributed by atoms with E-state index in [9.17, 15) is 20.0 Å². The first-order chi connectivity index (χ1) is 18.1. The van der Waals surface area contributed by atoms with E-state index in [2.05, 4.69) is 40.7 Å². The molecule has 5 aliphatic rings. The minimum Gasteiger partial charge on any atom is -0.469 e. The molecular weight excluding hydrogens is 490 g/mol. The van der Waals surface area contributed by atoms with Gasteiger partial charge in [0.15, 0.2) is 5.78 Å². The molecule has 6 heteroatoms. The number of aliphatic hydroxyl groups excluding tert-OH is 1. The van der Waals surface area contributed by atoms with E-state index in [-0.39, 0.29) is 57.6 Å². The number of rotatable bonds is 3. The van der Waals surface area contributed by atoms with Crippen LogP contribution < -0.4 is 0 Å². The van der Waals surface area contributed by atoms with Gasteiger partial charge in [0.05, 0.1) is 37.4 Å². The Morgan fingerprint density at radius 1 is 1.08 bits per heavy atom. The summed E-state index contributed by atoms with van der Waals surface area (Å²) in [6.45, 7) is 13.7. The number of carbonyl (C=O) groups excluding carboxylic acids is 2. The molecule has 6 nitrogen and oxygen atoms in total. The summed E-state index contributed by atoms with van der Waals surface area (Å²) in [5.74, 6) is 0.0816. The van der Waals surface area contributed by atoms with Gasteiger partial charge in [0, 0.05) is 23.9 Å². The van der Waals surface area contributed by atoms with Crippen LogP contribution in [0.4, 0.5) is 0 Å². The van der Waals surface area contributed by atoms with Gasteiger partial charge in [-0.15, -0.1) is 0 Å². The maximum atomic E-state index is 14.4. The van der Waals surface area contributed by atoms with E-state index in [4.69, 9.17) is 9.47 Å². The van der Waals surface area contributed by atoms with Gasteiger partial charge in [-0.3, -0.25) is 9.59 Å². The number of aliphatic hydroxyl groups is 1. The summed E-state index contributed by atoms with van der Waals surface area (Å²) in [7, 11) is 3.13. The highest BCUT2D eigenvalue weighted by atomic mass is 16.5. The average Bonchev–Trinajstić information content (AvgIpc) is 2.86. The summed E-state index contributed by atoms with van der Waals surface area (Å²) in [6.07, 6.45) is 8.37. The first kappa shape index (κ1) is 28.6. The molecule has 0 aromatic rings. The minimum atomic E-state index is -0.900. The predicted octanol–water partition coefficient (Wildman–Crippen LogP) is 5.65. The number of fused-ring (bicyclic) bond motifs is 7. The lowest BCUT2D eigenvalue weighted by atomic mass is 9.35. The molecule has 39 heavy (non-hydrogen) atoms. The lowest BCUT2D eigenvalue weighted by Gasteiger charge is -2.68. The fourth-order valence-corrected chi connectivity index (χ4v) is 10.9. The van der Waals surface area contributed by atoms with Crippen LogP contribution in [0.3, 0.4) is 0 Å². The normalized spacial score (nSPS) is 48.3. The van der Waals surface area contributed by atoms with E-state index >= 15 is 0 Å². The number of ketones is 1. The van der Waals surface area contributed by atoms with Crippen molar-refractivity contribution < 1.29 is 24.2 Å². The van der Waals surface area contributed by atoms with E-state index < -0.39 is 16.9 Å². The Labute approximate surface area is 234 Å². The topological polar surface area (TPSA) is 96.6 Å². The Morgan fingerprint density at radius 2 is 1.77 bits per heavy atom. The van der Waals surface area contributed by atoms with Crippen LogP contribution in [0.25, 0.3) is 0 Å². The highest BCUT2D eigenvalue weighted by Gasteiger charge is 2.69. The molecule has 0 spiro atoms. The van der Waals surface area contributed by atoms with Gasteiger partial charge in [0.1, 0.15) is 0 Å². The van der Waals surface area contributed by atoms with Gasteiger partial charge in [-0.1, -0.05) is 53.2 Å². The van der Waals surface area contributed by atoms with Gasteiger partial charge in [0.25, 0.3) is 0 Å². The molecule has 5 aliphatic carbocycles. The molecule has 0 saturated heterocycles. The molecule has 5 rings (SSSR count). The maximum absolute atomic E-state index is 14.4. The largest absolute Gasteiger partial charge is 0.469 e. The Hall–Kier alpha value is -1.97. The maximum Gasteiger partial charge on any atom is 0.308 e. The molecule has 0 bridgehead atoms. The van der Waals surface area contributed by atoms with E-state index in [1.807, 2.05) is 19.1 Å². The van der Waals surface area contributed by atoms with Crippen molar-refractivity contribution in [3.8, 4) is 6.07 Å². The third-order valence-electron chi connectivity index (χ3n) is 12.7. The molecule has 0 aliphatic heterocycles. The summed E-state index contributed by atoms with van der Waals surface area (Å²) in [5, 5.41) is 21.3. The van der Waals surface area contributed by atoms with Gasteiger partial charge < -0.3 is 14.6 Å². The second-order valence-electron chi connectivity index (χ2n) is 15.2. The molecule has 3 fully saturated rings. The molecule has 2 unspecified atom stereocenters. The molecule has 0 heterocycles. The molecule has 3 saturated carbocycles. The number of allylic oxidation sites excluding steroid dienone is 3. The van der Waals surface area contributed by atoms with Crippen LogP contribution in [0.1, 0.15) is 80.1 Å². The van der Waals surface area contributed by atoms with Crippen molar-refractivity contribution in [2.75, 3.05) is 20.8 Å². The third-order valence-corrected chi connectivity index (χ3v) is 12.7. The van der Waals surface area contributed by atoms with Crippen LogP contribution >= 0.6 is 0 Å². The molecule has 1 N–H and O–H groups in total. The summed E-state index contributed by atoms with van der Waals surface area (Å²) < 4.78 is 10.9. The van der Waals surface area contributed by atoms with E-state index in [0.29, 0.717) is 12.2 Å². The highest BCUT2D eigenvalue weighted by molar-refractivity contribution is 5.95. The number of hydrogen-bond acceptors (Lipinski definition) is 6. The number of nitrogens with zero attached hydrogens (tertiary/aromatic N) is 1. The number of nitriles is 1. The number of esters is 1. The first-order valence-corrected chi connectivity index (χ1v) is 14.8. The number of carbonyl (C=O) groups is 2. The minimum absolute atomic E-state index is 0.0398. The van der Waals surface area contributed by atoms with Crippen molar-refractivity contribution in [2.45, 2.75) is 86.2 Å². The number of hydrogen-bond donors (Lipinski definition) is 1. The van der Waals surface area contributed by atoms with E-state index in [1.54, 1.807) is 7.11 Å². The van der Waals surface area contributed by atoms with Crippen molar-refractivity contribution in [3.05, 3.63) is 23.3 Å². The zero-order valence-corrected chi connectivity index (χ0v) is 25.1. The second-order valence-corrected chi connectivity index (χ2v) is 15.2. The Kier molecular flexibility index (Phi) is 6.60. The standard InChI is InChI=1S/C33H47NO5/c1-29(2)15-21-20(22(16-29)28(37)39-8)9-11-33(6)26(21)23(35)13-25-30(3)14-19(17-34)27(36)31(4,18-38-7)24(30)10-12-32(25,33)5/h13-14,20-22,24,26-27,36H,9-12,15-16,18H2,1-8H3/t20?,21-,22-,24-,26+,27?,30+,31+,32-,33-/m1/s1. The Bertz CT molecular complexity index is 1180. The lowest BCUT2D eigenvalue weighted by Crippen LogP contribution is -2.65.